The summed E-state index contributed by atoms with van der Waals surface area (Å²) in [5.41, 5.74) is 7.57. The Morgan fingerprint density at radius 1 is 0.636 bits per heavy atom. The number of nitrogens with zero attached hydrogens (tertiary/aromatic N) is 2. The van der Waals surface area contributed by atoms with E-state index in [0.717, 1.165) is 28.1 Å². The quantitative estimate of drug-likeness (QED) is 0.118. The van der Waals surface area contributed by atoms with Crippen molar-refractivity contribution in [1.29, 1.82) is 0 Å². The number of hydrogen-bond acceptors (Lipinski definition) is 3. The average Bonchev–Trinajstić information content (AvgIpc) is 3.60. The van der Waals surface area contributed by atoms with Crippen molar-refractivity contribution in [2.24, 2.45) is 0 Å². The third kappa shape index (κ3) is 9.23. The maximum Gasteiger partial charge on any atom is 0.0795 e. The number of pyridine rings is 2. The fourth-order valence-electron chi connectivity index (χ4n) is 6.31. The maximum absolute atomic E-state index is 8.40. The molecular weight excluding hydrogens is 897 g/mol. The molecule has 0 amide bonds. The first kappa shape index (κ1) is 32.9. The summed E-state index contributed by atoms with van der Waals surface area (Å²) in [7, 11) is -2.73. The summed E-state index contributed by atoms with van der Waals surface area (Å²) in [5, 5.41) is 5.25. The molecular formula is C49H48IrN2SSi2-2. The Labute approximate surface area is 355 Å². The van der Waals surface area contributed by atoms with E-state index < -0.39 is 22.0 Å². The Kier molecular flexibility index (Phi) is 10.1. The molecule has 55 heavy (non-hydrogen) atoms. The molecule has 0 fully saturated rings. The Hall–Kier alpha value is -4.30. The first-order chi connectivity index (χ1) is 28.2. The number of fused-ring (bicyclic) bond motifs is 3. The minimum atomic E-state index is -1.44. The van der Waals surface area contributed by atoms with Gasteiger partial charge in [-0.15, -0.1) is 59.2 Å². The van der Waals surface area contributed by atoms with Gasteiger partial charge in [-0.3, -0.25) is 0 Å². The summed E-state index contributed by atoms with van der Waals surface area (Å²) < 4.78 is 50.6. The molecule has 3 heterocycles. The van der Waals surface area contributed by atoms with Crippen LogP contribution in [0.5, 0.6) is 0 Å². The second-order valence-corrected chi connectivity index (χ2v) is 27.0. The summed E-state index contributed by atoms with van der Waals surface area (Å²) in [6, 6.07) is 38.3. The minimum absolute atomic E-state index is 0. The molecule has 0 aliphatic carbocycles. The van der Waals surface area contributed by atoms with Crippen molar-refractivity contribution in [3.63, 3.8) is 0 Å². The van der Waals surface area contributed by atoms with Gasteiger partial charge in [0.2, 0.25) is 0 Å². The van der Waals surface area contributed by atoms with E-state index in [-0.39, 0.29) is 55.9 Å². The normalized spacial score (nSPS) is 13.4. The van der Waals surface area contributed by atoms with E-state index in [1.807, 2.05) is 50.5 Å². The molecule has 0 N–H and O–H groups in total. The third-order valence-corrected chi connectivity index (χ3v) is 14.9. The van der Waals surface area contributed by atoms with Crippen LogP contribution in [0.15, 0.2) is 140 Å². The fourth-order valence-corrected chi connectivity index (χ4v) is 9.76. The topological polar surface area (TPSA) is 25.8 Å². The molecule has 1 radical (unpaired) electrons. The Balaban J connectivity index is 0.000000205. The number of thiophene rings is 1. The summed E-state index contributed by atoms with van der Waals surface area (Å²) in [4.78, 5) is 9.18. The Morgan fingerprint density at radius 2 is 1.31 bits per heavy atom. The number of benzene rings is 5. The Bertz CT molecular complexity index is 2850. The van der Waals surface area contributed by atoms with Gasteiger partial charge < -0.3 is 9.97 Å². The van der Waals surface area contributed by atoms with Crippen molar-refractivity contribution in [3.05, 3.63) is 157 Å². The van der Waals surface area contributed by atoms with E-state index in [4.69, 9.17) is 8.22 Å². The van der Waals surface area contributed by atoms with Crippen LogP contribution in [0, 0.1) is 12.1 Å². The molecule has 8 rings (SSSR count). The minimum Gasteiger partial charge on any atom is -0.305 e. The van der Waals surface area contributed by atoms with Gasteiger partial charge in [0.05, 0.1) is 23.0 Å². The molecule has 0 bridgehead atoms. The van der Waals surface area contributed by atoms with E-state index in [2.05, 4.69) is 116 Å². The fraction of sp³-hybridized carbons (Fsp3) is 0.184. The van der Waals surface area contributed by atoms with Gasteiger partial charge in [0.15, 0.2) is 0 Å². The smallest absolute Gasteiger partial charge is 0.0795 e. The predicted molar refractivity (Wildman–Crippen MR) is 241 cm³/mol. The number of rotatable bonds is 7. The second-order valence-electron chi connectivity index (χ2n) is 15.8. The van der Waals surface area contributed by atoms with Crippen LogP contribution < -0.4 is 10.4 Å². The molecule has 0 unspecified atom stereocenters. The molecule has 279 valence electrons. The van der Waals surface area contributed by atoms with Gasteiger partial charge >= 0.3 is 0 Å². The molecule has 6 heteroatoms. The molecule has 2 nitrogen and oxygen atoms in total. The summed E-state index contributed by atoms with van der Waals surface area (Å²) in [5.74, 6) is -0.661. The van der Waals surface area contributed by atoms with E-state index in [1.54, 1.807) is 29.5 Å². The van der Waals surface area contributed by atoms with Gasteiger partial charge in [-0.2, -0.15) is 11.3 Å². The van der Waals surface area contributed by atoms with E-state index >= 15 is 0 Å². The molecule has 0 saturated heterocycles. The van der Waals surface area contributed by atoms with Crippen molar-refractivity contribution in [3.8, 4) is 44.8 Å². The van der Waals surface area contributed by atoms with Gasteiger partial charge in [-0.1, -0.05) is 154 Å². The van der Waals surface area contributed by atoms with Crippen molar-refractivity contribution in [2.75, 3.05) is 0 Å². The first-order valence-corrected chi connectivity index (χ1v) is 26.0. The van der Waals surface area contributed by atoms with Gasteiger partial charge in [0.1, 0.15) is 0 Å². The molecule has 8 aromatic rings. The number of aromatic nitrogens is 2. The van der Waals surface area contributed by atoms with Gasteiger partial charge in [0.25, 0.3) is 0 Å². The molecule has 0 aliphatic rings. The van der Waals surface area contributed by atoms with Crippen molar-refractivity contribution in [2.45, 2.75) is 59.0 Å². The molecule has 5 aromatic carbocycles. The van der Waals surface area contributed by atoms with Crippen LogP contribution >= 0.6 is 11.3 Å². The van der Waals surface area contributed by atoms with Crippen molar-refractivity contribution >= 4 is 58.0 Å². The molecule has 0 atom stereocenters. The van der Waals surface area contributed by atoms with E-state index in [0.29, 0.717) is 5.56 Å². The summed E-state index contributed by atoms with van der Waals surface area (Å²) >= 11 is 1.80. The van der Waals surface area contributed by atoms with Crippen LogP contribution in [0.2, 0.25) is 39.3 Å². The summed E-state index contributed by atoms with van der Waals surface area (Å²) in [6.45, 7) is 17.8. The van der Waals surface area contributed by atoms with Crippen molar-refractivity contribution in [1.82, 2.24) is 9.97 Å². The van der Waals surface area contributed by atoms with Gasteiger partial charge in [0, 0.05) is 38.6 Å². The van der Waals surface area contributed by atoms with Crippen molar-refractivity contribution < 1.29 is 28.3 Å². The third-order valence-electron chi connectivity index (χ3n) is 9.61. The van der Waals surface area contributed by atoms with Crippen LogP contribution in [0.4, 0.5) is 0 Å². The standard InChI is InChI=1S/C29H28NSSi.C20H20NSi.Ir/c1-19(2)21-15-16-30-27(17-21)26-8-6-7-25-24-14-11-22(18-28(24)31-29(25)26)20-9-12-23(13-10-20)32(3,4)5;1-22(2,3)19-12-13-20(21-15-19)18-11-7-10-17(14-18)16-8-5-4-6-9-16;/h6-7,9-19H,1-5H3;4-10,12-15H,1-3H3;/q2*-1;/i19D;4D,5D,6D,8D,9D;. The molecule has 0 saturated carbocycles. The SMILES string of the molecule is [2H]C(C)(C)c1ccnc(-c2[c-]ccc3c2sc2cc(-c4ccc([Si](C)(C)C)cc4)ccc23)c1.[2H]c1c([2H])c([2H])c(-c2cc[c-]c(-c3ccc([Si](C)(C)C)cn3)c2)c([2H])c1[2H].[Ir]. The Morgan fingerprint density at radius 3 is 1.98 bits per heavy atom. The predicted octanol–water partition coefficient (Wildman–Crippen LogP) is 13.0. The van der Waals surface area contributed by atoms with Gasteiger partial charge in [-0.05, 0) is 61.4 Å². The molecule has 0 aliphatic heterocycles. The largest absolute Gasteiger partial charge is 0.305 e. The first-order valence-electron chi connectivity index (χ1n) is 21.2. The van der Waals surface area contributed by atoms with E-state index in [9.17, 15) is 0 Å². The van der Waals surface area contributed by atoms with Crippen LogP contribution in [-0.2, 0) is 20.1 Å². The summed E-state index contributed by atoms with van der Waals surface area (Å²) in [6.07, 6.45) is 3.70. The zero-order valence-electron chi connectivity index (χ0n) is 38.5. The monoisotopic (exact) mass is 951 g/mol. The van der Waals surface area contributed by atoms with Gasteiger partial charge in [-0.25, -0.2) is 0 Å². The zero-order valence-corrected chi connectivity index (χ0v) is 37.7. The zero-order chi connectivity index (χ0) is 43.3. The molecule has 3 aromatic heterocycles. The maximum atomic E-state index is 8.40. The second kappa shape index (κ2) is 16.8. The van der Waals surface area contributed by atoms with Crippen LogP contribution in [0.1, 0.15) is 33.5 Å². The van der Waals surface area contributed by atoms with Crippen LogP contribution in [0.3, 0.4) is 0 Å². The van der Waals surface area contributed by atoms with E-state index in [1.165, 1.54) is 41.7 Å². The number of hydrogen-bond donors (Lipinski definition) is 0. The van der Waals surface area contributed by atoms with Crippen LogP contribution in [0.25, 0.3) is 64.9 Å². The van der Waals surface area contributed by atoms with Crippen LogP contribution in [-0.4, -0.2) is 26.1 Å². The average molecular weight is 951 g/mol. The molecule has 0 spiro atoms.